The van der Waals surface area contributed by atoms with Crippen LogP contribution in [0.2, 0.25) is 0 Å². The molecular weight excluding hydrogens is 332 g/mol. The number of anilines is 3. The lowest BCUT2D eigenvalue weighted by Crippen LogP contribution is -2.07. The Balaban J connectivity index is 1.79. The molecule has 0 saturated carbocycles. The number of aromatic nitrogens is 4. The van der Waals surface area contributed by atoms with Gasteiger partial charge in [0.15, 0.2) is 0 Å². The molecule has 1 amide bonds. The minimum atomic E-state index is -0.271. The molecule has 0 bridgehead atoms. The largest absolute Gasteiger partial charge is 0.394 e. The number of hydrogen-bond donors (Lipinski definition) is 3. The molecule has 8 nitrogen and oxygen atoms in total. The fourth-order valence-corrected chi connectivity index (χ4v) is 2.33. The predicted molar refractivity (Wildman–Crippen MR) is 98.9 cm³/mol. The van der Waals surface area contributed by atoms with E-state index in [0.29, 0.717) is 23.7 Å². The van der Waals surface area contributed by atoms with E-state index in [2.05, 4.69) is 32.3 Å². The maximum absolute atomic E-state index is 11.4. The van der Waals surface area contributed by atoms with Crippen LogP contribution in [0.4, 0.5) is 17.2 Å². The minimum absolute atomic E-state index is 0.0253. The van der Waals surface area contributed by atoms with Crippen LogP contribution < -0.4 is 10.6 Å². The van der Waals surface area contributed by atoms with Crippen LogP contribution in [0.15, 0.2) is 61.7 Å². The lowest BCUT2D eigenvalue weighted by molar-refractivity contribution is -0.111. The first kappa shape index (κ1) is 17.3. The lowest BCUT2D eigenvalue weighted by Gasteiger charge is -2.07. The summed E-state index contributed by atoms with van der Waals surface area (Å²) in [4.78, 5) is 19.9. The number of nitrogens with zero attached hydrogens (tertiary/aromatic N) is 4. The molecule has 0 aliphatic heterocycles. The average molecular weight is 350 g/mol. The summed E-state index contributed by atoms with van der Waals surface area (Å²) in [5, 5.41) is 18.9. The van der Waals surface area contributed by atoms with Gasteiger partial charge in [-0.15, -0.1) is 0 Å². The van der Waals surface area contributed by atoms with Crippen molar-refractivity contribution in [3.63, 3.8) is 0 Å². The summed E-state index contributed by atoms with van der Waals surface area (Å²) in [5.74, 6) is 0.339. The van der Waals surface area contributed by atoms with Gasteiger partial charge in [-0.1, -0.05) is 18.7 Å². The van der Waals surface area contributed by atoms with E-state index in [1.54, 1.807) is 29.2 Å². The minimum Gasteiger partial charge on any atom is -0.394 e. The van der Waals surface area contributed by atoms with Gasteiger partial charge in [0.25, 0.3) is 0 Å². The van der Waals surface area contributed by atoms with Gasteiger partial charge < -0.3 is 15.7 Å². The Morgan fingerprint density at radius 1 is 1.27 bits per heavy atom. The van der Waals surface area contributed by atoms with Crippen LogP contribution in [0, 0.1) is 0 Å². The van der Waals surface area contributed by atoms with Gasteiger partial charge in [-0.2, -0.15) is 5.10 Å². The summed E-state index contributed by atoms with van der Waals surface area (Å²) in [6, 6.07) is 9.16. The third-order valence-corrected chi connectivity index (χ3v) is 3.51. The Kier molecular flexibility index (Phi) is 5.35. The third-order valence-electron chi connectivity index (χ3n) is 3.51. The van der Waals surface area contributed by atoms with E-state index in [9.17, 15) is 4.79 Å². The molecule has 0 aliphatic carbocycles. The van der Waals surface area contributed by atoms with E-state index in [-0.39, 0.29) is 12.5 Å². The highest BCUT2D eigenvalue weighted by molar-refractivity contribution is 5.99. The lowest BCUT2D eigenvalue weighted by atomic mass is 10.1. The van der Waals surface area contributed by atoms with Gasteiger partial charge in [0.2, 0.25) is 5.91 Å². The van der Waals surface area contributed by atoms with Crippen molar-refractivity contribution in [3.8, 4) is 11.3 Å². The highest BCUT2D eigenvalue weighted by Crippen LogP contribution is 2.23. The van der Waals surface area contributed by atoms with Crippen molar-refractivity contribution in [3.05, 3.63) is 61.7 Å². The quantitative estimate of drug-likeness (QED) is 0.564. The van der Waals surface area contributed by atoms with Crippen LogP contribution in [0.3, 0.4) is 0 Å². The molecule has 0 atom stereocenters. The number of carbonyl (C=O) groups excluding carboxylic acids is 1. The van der Waals surface area contributed by atoms with E-state index in [1.807, 2.05) is 18.2 Å². The number of rotatable bonds is 7. The Morgan fingerprint density at radius 2 is 2.15 bits per heavy atom. The van der Waals surface area contributed by atoms with Crippen LogP contribution in [0.25, 0.3) is 11.3 Å². The molecule has 0 saturated heterocycles. The van der Waals surface area contributed by atoms with Gasteiger partial charge in [0, 0.05) is 23.5 Å². The van der Waals surface area contributed by atoms with E-state index >= 15 is 0 Å². The molecule has 3 aromatic rings. The zero-order valence-electron chi connectivity index (χ0n) is 14.0. The van der Waals surface area contributed by atoms with Gasteiger partial charge >= 0.3 is 0 Å². The van der Waals surface area contributed by atoms with E-state index in [4.69, 9.17) is 5.11 Å². The molecule has 0 fully saturated rings. The molecule has 0 spiro atoms. The number of carbonyl (C=O) groups is 1. The highest BCUT2D eigenvalue weighted by atomic mass is 16.3. The zero-order valence-corrected chi connectivity index (χ0v) is 14.0. The smallest absolute Gasteiger partial charge is 0.247 e. The van der Waals surface area contributed by atoms with Crippen molar-refractivity contribution in [2.75, 3.05) is 17.2 Å². The van der Waals surface area contributed by atoms with Crippen molar-refractivity contribution in [2.45, 2.75) is 6.54 Å². The first-order valence-corrected chi connectivity index (χ1v) is 7.94. The van der Waals surface area contributed by atoms with Crippen LogP contribution in [-0.2, 0) is 11.3 Å². The number of amides is 1. The predicted octanol–water partition coefficient (Wildman–Crippen LogP) is 2.20. The SMILES string of the molecule is C=CC(=O)Nc1cccc(-c2cc(Nc3cnn(CCO)c3)ncn2)c1. The molecule has 3 rings (SSSR count). The molecule has 0 radical (unpaired) electrons. The number of nitrogens with one attached hydrogen (secondary N) is 2. The summed E-state index contributed by atoms with van der Waals surface area (Å²) < 4.78 is 1.64. The first-order chi connectivity index (χ1) is 12.7. The summed E-state index contributed by atoms with van der Waals surface area (Å²) >= 11 is 0. The maximum atomic E-state index is 11.4. The van der Waals surface area contributed by atoms with Crippen molar-refractivity contribution < 1.29 is 9.90 Å². The molecule has 3 N–H and O–H groups in total. The van der Waals surface area contributed by atoms with Crippen LogP contribution >= 0.6 is 0 Å². The van der Waals surface area contributed by atoms with Crippen molar-refractivity contribution in [2.24, 2.45) is 0 Å². The molecule has 2 aromatic heterocycles. The summed E-state index contributed by atoms with van der Waals surface area (Å²) in [7, 11) is 0. The second kappa shape index (κ2) is 8.04. The molecular formula is C18H18N6O2. The van der Waals surface area contributed by atoms with E-state index in [0.717, 1.165) is 11.3 Å². The summed E-state index contributed by atoms with van der Waals surface area (Å²) in [6.45, 7) is 3.90. The standard InChI is InChI=1S/C18H18N6O2/c1-2-18(26)23-14-5-3-4-13(8-14)16-9-17(20-12-19-16)22-15-10-21-24(11-15)6-7-25/h2-5,8-12,25H,1,6-7H2,(H,23,26)(H,19,20,22). The van der Waals surface area contributed by atoms with Crippen LogP contribution in [0.1, 0.15) is 0 Å². The molecule has 132 valence electrons. The fraction of sp³-hybridized carbons (Fsp3) is 0.111. The van der Waals surface area contributed by atoms with Gasteiger partial charge in [-0.25, -0.2) is 9.97 Å². The average Bonchev–Trinajstić information content (AvgIpc) is 3.09. The molecule has 8 heteroatoms. The fourth-order valence-electron chi connectivity index (χ4n) is 2.33. The van der Waals surface area contributed by atoms with E-state index < -0.39 is 0 Å². The number of benzene rings is 1. The molecule has 0 aliphatic rings. The van der Waals surface area contributed by atoms with Crippen molar-refractivity contribution in [1.29, 1.82) is 0 Å². The zero-order chi connectivity index (χ0) is 18.4. The Hall–Kier alpha value is -3.52. The second-order valence-electron chi connectivity index (χ2n) is 5.40. The maximum Gasteiger partial charge on any atom is 0.247 e. The molecule has 26 heavy (non-hydrogen) atoms. The Morgan fingerprint density at radius 3 is 2.96 bits per heavy atom. The van der Waals surface area contributed by atoms with Crippen LogP contribution in [-0.4, -0.2) is 37.4 Å². The molecule has 0 unspecified atom stereocenters. The normalized spacial score (nSPS) is 10.3. The second-order valence-corrected chi connectivity index (χ2v) is 5.40. The topological polar surface area (TPSA) is 105 Å². The highest BCUT2D eigenvalue weighted by Gasteiger charge is 2.06. The number of aliphatic hydroxyl groups excluding tert-OH is 1. The molecule has 2 heterocycles. The molecule has 1 aromatic carbocycles. The van der Waals surface area contributed by atoms with Gasteiger partial charge in [-0.3, -0.25) is 9.48 Å². The van der Waals surface area contributed by atoms with Crippen molar-refractivity contribution >= 4 is 23.1 Å². The number of hydrogen-bond acceptors (Lipinski definition) is 6. The summed E-state index contributed by atoms with van der Waals surface area (Å²) in [6.07, 6.45) is 6.12. The van der Waals surface area contributed by atoms with Crippen molar-refractivity contribution in [1.82, 2.24) is 19.7 Å². The third kappa shape index (κ3) is 4.31. The first-order valence-electron chi connectivity index (χ1n) is 7.94. The van der Waals surface area contributed by atoms with Crippen LogP contribution in [0.5, 0.6) is 0 Å². The Labute approximate surface area is 150 Å². The van der Waals surface area contributed by atoms with Gasteiger partial charge in [-0.05, 0) is 18.2 Å². The van der Waals surface area contributed by atoms with Gasteiger partial charge in [0.1, 0.15) is 12.1 Å². The van der Waals surface area contributed by atoms with Gasteiger partial charge in [0.05, 0.1) is 30.7 Å². The summed E-state index contributed by atoms with van der Waals surface area (Å²) in [5.41, 5.74) is 2.97. The van der Waals surface area contributed by atoms with E-state index in [1.165, 1.54) is 12.4 Å². The Bertz CT molecular complexity index is 921. The number of aliphatic hydroxyl groups is 1. The monoisotopic (exact) mass is 350 g/mol.